The zero-order chi connectivity index (χ0) is 15.6. The minimum atomic E-state index is -0.0148. The van der Waals surface area contributed by atoms with Gasteiger partial charge in [-0.25, -0.2) is 0 Å². The molecule has 0 unspecified atom stereocenters. The third kappa shape index (κ3) is 17.4. The van der Waals surface area contributed by atoms with E-state index in [4.69, 9.17) is 4.74 Å². The summed E-state index contributed by atoms with van der Waals surface area (Å²) in [4.78, 5) is 11.5. The predicted octanol–water partition coefficient (Wildman–Crippen LogP) is 4.84. The molecule has 3 nitrogen and oxygen atoms in total. The molecule has 0 aromatic carbocycles. The van der Waals surface area contributed by atoms with Gasteiger partial charge in [0.25, 0.3) is 0 Å². The molecule has 0 aromatic rings. The molecule has 0 radical (unpaired) electrons. The maximum absolute atomic E-state index is 11.5. The van der Waals surface area contributed by atoms with Gasteiger partial charge in [-0.3, -0.25) is 4.79 Å². The van der Waals surface area contributed by atoms with E-state index >= 15 is 0 Å². The van der Waals surface area contributed by atoms with Crippen LogP contribution in [0.25, 0.3) is 0 Å². The molecule has 0 bridgehead atoms. The Hall–Kier alpha value is -0.570. The molecule has 0 saturated carbocycles. The lowest BCUT2D eigenvalue weighted by Crippen LogP contribution is -2.08. The fourth-order valence-electron chi connectivity index (χ4n) is 2.42. The zero-order valence-corrected chi connectivity index (χ0v) is 14.4. The van der Waals surface area contributed by atoms with Crippen LogP contribution in [0, 0.1) is 0 Å². The standard InChI is InChI=1S/C18H37NO2/c1-3-4-5-6-7-8-9-10-14-17-21-18(20)15-12-11-13-16-19-2/h19H,3-17H2,1-2H3. The monoisotopic (exact) mass is 299 g/mol. The van der Waals surface area contributed by atoms with Gasteiger partial charge in [-0.05, 0) is 32.9 Å². The molecule has 1 N–H and O–H groups in total. The molecule has 0 aliphatic rings. The molecule has 0 aliphatic carbocycles. The molecule has 0 spiro atoms. The minimum absolute atomic E-state index is 0.0148. The van der Waals surface area contributed by atoms with Crippen molar-refractivity contribution in [3.8, 4) is 0 Å². The Labute approximate surface area is 132 Å². The normalized spacial score (nSPS) is 10.8. The Bertz CT molecular complexity index is 219. The summed E-state index contributed by atoms with van der Waals surface area (Å²) in [5.41, 5.74) is 0. The van der Waals surface area contributed by atoms with Crippen molar-refractivity contribution in [1.29, 1.82) is 0 Å². The van der Waals surface area contributed by atoms with E-state index in [2.05, 4.69) is 12.2 Å². The van der Waals surface area contributed by atoms with Gasteiger partial charge in [0.1, 0.15) is 0 Å². The lowest BCUT2D eigenvalue weighted by Gasteiger charge is -2.05. The van der Waals surface area contributed by atoms with Crippen LogP contribution in [0.3, 0.4) is 0 Å². The molecule has 21 heavy (non-hydrogen) atoms. The maximum atomic E-state index is 11.5. The zero-order valence-electron chi connectivity index (χ0n) is 14.4. The van der Waals surface area contributed by atoms with Crippen LogP contribution in [0.2, 0.25) is 0 Å². The van der Waals surface area contributed by atoms with Crippen LogP contribution in [-0.4, -0.2) is 26.2 Å². The van der Waals surface area contributed by atoms with E-state index in [1.54, 1.807) is 0 Å². The van der Waals surface area contributed by atoms with Gasteiger partial charge in [0, 0.05) is 6.42 Å². The fraction of sp³-hybridized carbons (Fsp3) is 0.944. The number of unbranched alkanes of at least 4 members (excludes halogenated alkanes) is 10. The first-order chi connectivity index (χ1) is 10.3. The van der Waals surface area contributed by atoms with Crippen molar-refractivity contribution in [2.24, 2.45) is 0 Å². The van der Waals surface area contributed by atoms with E-state index in [0.29, 0.717) is 13.0 Å². The molecule has 0 aliphatic heterocycles. The number of carbonyl (C=O) groups excluding carboxylic acids is 1. The highest BCUT2D eigenvalue weighted by atomic mass is 16.5. The first-order valence-electron chi connectivity index (χ1n) is 9.11. The fourth-order valence-corrected chi connectivity index (χ4v) is 2.42. The molecule has 3 heteroatoms. The lowest BCUT2D eigenvalue weighted by atomic mass is 10.1. The molecular weight excluding hydrogens is 262 g/mol. The number of nitrogens with one attached hydrogen (secondary N) is 1. The van der Waals surface area contributed by atoms with E-state index in [-0.39, 0.29) is 5.97 Å². The van der Waals surface area contributed by atoms with Crippen LogP contribution in [0.5, 0.6) is 0 Å². The molecule has 0 fully saturated rings. The first kappa shape index (κ1) is 20.4. The number of hydrogen-bond donors (Lipinski definition) is 1. The van der Waals surface area contributed by atoms with Gasteiger partial charge in [-0.1, -0.05) is 64.7 Å². The van der Waals surface area contributed by atoms with Crippen LogP contribution in [0.1, 0.15) is 90.4 Å². The van der Waals surface area contributed by atoms with Gasteiger partial charge in [0.2, 0.25) is 0 Å². The molecule has 0 heterocycles. The van der Waals surface area contributed by atoms with Crippen LogP contribution >= 0.6 is 0 Å². The van der Waals surface area contributed by atoms with E-state index < -0.39 is 0 Å². The number of esters is 1. The SMILES string of the molecule is CCCCCCCCCCCOC(=O)CCCCCNC. The summed E-state index contributed by atoms with van der Waals surface area (Å²) < 4.78 is 5.25. The quantitative estimate of drug-likeness (QED) is 0.327. The van der Waals surface area contributed by atoms with Crippen molar-refractivity contribution in [2.45, 2.75) is 90.4 Å². The first-order valence-corrected chi connectivity index (χ1v) is 9.11. The summed E-state index contributed by atoms with van der Waals surface area (Å²) in [5, 5.41) is 3.11. The van der Waals surface area contributed by atoms with Crippen LogP contribution in [-0.2, 0) is 9.53 Å². The third-order valence-corrected chi connectivity index (χ3v) is 3.82. The summed E-state index contributed by atoms with van der Waals surface area (Å²) in [7, 11) is 1.96. The second-order valence-electron chi connectivity index (χ2n) is 5.96. The highest BCUT2D eigenvalue weighted by Gasteiger charge is 2.02. The van der Waals surface area contributed by atoms with E-state index in [9.17, 15) is 4.79 Å². The Morgan fingerprint density at radius 2 is 1.38 bits per heavy atom. The average Bonchev–Trinajstić information content (AvgIpc) is 2.49. The average molecular weight is 299 g/mol. The van der Waals surface area contributed by atoms with Gasteiger partial charge in [0.15, 0.2) is 0 Å². The number of hydrogen-bond acceptors (Lipinski definition) is 3. The summed E-state index contributed by atoms with van der Waals surface area (Å²) >= 11 is 0. The van der Waals surface area contributed by atoms with Crippen molar-refractivity contribution in [2.75, 3.05) is 20.2 Å². The van der Waals surface area contributed by atoms with Crippen LogP contribution in [0.15, 0.2) is 0 Å². The number of rotatable bonds is 16. The van der Waals surface area contributed by atoms with Crippen molar-refractivity contribution < 1.29 is 9.53 Å². The third-order valence-electron chi connectivity index (χ3n) is 3.82. The highest BCUT2D eigenvalue weighted by molar-refractivity contribution is 5.69. The lowest BCUT2D eigenvalue weighted by molar-refractivity contribution is -0.143. The van der Waals surface area contributed by atoms with E-state index in [1.807, 2.05) is 7.05 Å². The second-order valence-corrected chi connectivity index (χ2v) is 5.96. The Morgan fingerprint density at radius 1 is 0.810 bits per heavy atom. The summed E-state index contributed by atoms with van der Waals surface area (Å²) in [6.07, 6.45) is 15.5. The van der Waals surface area contributed by atoms with Gasteiger partial charge in [-0.15, -0.1) is 0 Å². The molecule has 0 rings (SSSR count). The van der Waals surface area contributed by atoms with Crippen molar-refractivity contribution >= 4 is 5.97 Å². The van der Waals surface area contributed by atoms with E-state index in [1.165, 1.54) is 51.4 Å². The van der Waals surface area contributed by atoms with Crippen LogP contribution in [0.4, 0.5) is 0 Å². The highest BCUT2D eigenvalue weighted by Crippen LogP contribution is 2.09. The Morgan fingerprint density at radius 3 is 2.00 bits per heavy atom. The number of ether oxygens (including phenoxy) is 1. The minimum Gasteiger partial charge on any atom is -0.466 e. The topological polar surface area (TPSA) is 38.3 Å². The molecule has 126 valence electrons. The molecule has 0 aromatic heterocycles. The number of carbonyl (C=O) groups is 1. The second kappa shape index (κ2) is 17.5. The van der Waals surface area contributed by atoms with Crippen LogP contribution < -0.4 is 5.32 Å². The van der Waals surface area contributed by atoms with Crippen molar-refractivity contribution in [3.63, 3.8) is 0 Å². The van der Waals surface area contributed by atoms with Gasteiger partial charge in [0.05, 0.1) is 6.61 Å². The molecule has 0 atom stereocenters. The largest absolute Gasteiger partial charge is 0.466 e. The van der Waals surface area contributed by atoms with E-state index in [0.717, 1.165) is 32.2 Å². The molecule has 0 saturated heterocycles. The Balaban J connectivity index is 3.11. The predicted molar refractivity (Wildman–Crippen MR) is 90.6 cm³/mol. The Kier molecular flexibility index (Phi) is 17.0. The molecular formula is C18H37NO2. The van der Waals surface area contributed by atoms with Gasteiger partial charge in [-0.2, -0.15) is 0 Å². The molecule has 0 amide bonds. The van der Waals surface area contributed by atoms with Crippen molar-refractivity contribution in [3.05, 3.63) is 0 Å². The van der Waals surface area contributed by atoms with Gasteiger partial charge >= 0.3 is 5.97 Å². The summed E-state index contributed by atoms with van der Waals surface area (Å²) in [6, 6.07) is 0. The summed E-state index contributed by atoms with van der Waals surface area (Å²) in [6.45, 7) is 3.91. The van der Waals surface area contributed by atoms with Crippen molar-refractivity contribution in [1.82, 2.24) is 5.32 Å². The van der Waals surface area contributed by atoms with Gasteiger partial charge < -0.3 is 10.1 Å². The smallest absolute Gasteiger partial charge is 0.305 e. The maximum Gasteiger partial charge on any atom is 0.305 e. The summed E-state index contributed by atoms with van der Waals surface area (Å²) in [5.74, 6) is -0.0148.